The zero-order valence-corrected chi connectivity index (χ0v) is 13.3. The van der Waals surface area contributed by atoms with Crippen molar-refractivity contribution in [2.24, 2.45) is 5.92 Å². The summed E-state index contributed by atoms with van der Waals surface area (Å²) in [4.78, 5) is 0. The van der Waals surface area contributed by atoms with Crippen molar-refractivity contribution in [3.63, 3.8) is 0 Å². The third-order valence-corrected chi connectivity index (χ3v) is 4.97. The molecule has 1 aromatic carbocycles. The van der Waals surface area contributed by atoms with E-state index in [9.17, 15) is 4.70 Å². The predicted octanol–water partition coefficient (Wildman–Crippen LogP) is 2.72. The Morgan fingerprint density at radius 3 is 2.73 bits per heavy atom. The van der Waals surface area contributed by atoms with Gasteiger partial charge < -0.3 is 0 Å². The summed E-state index contributed by atoms with van der Waals surface area (Å²) in [5, 5.41) is 3.29. The van der Waals surface area contributed by atoms with Crippen LogP contribution in [0.2, 0.25) is 0 Å². The molecule has 1 saturated carbocycles. The average Bonchev–Trinajstić information content (AvgIpc) is 3.38. The van der Waals surface area contributed by atoms with Gasteiger partial charge in [-0.2, -0.15) is 0 Å². The van der Waals surface area contributed by atoms with Gasteiger partial charge in [0, 0.05) is 0 Å². The van der Waals surface area contributed by atoms with Crippen molar-refractivity contribution in [3.05, 3.63) is 35.4 Å². The number of rotatable bonds is 8. The zero-order valence-electron chi connectivity index (χ0n) is 13.3. The Hall–Kier alpha value is -0.995. The Bertz CT molecular complexity index is 484. The first-order valence-corrected chi connectivity index (χ1v) is 8.71. The molecule has 1 aromatic rings. The fraction of sp³-hybridized carbons (Fsp3) is 0.667. The Balaban J connectivity index is 1.58. The van der Waals surface area contributed by atoms with Crippen LogP contribution in [0.15, 0.2) is 24.3 Å². The van der Waals surface area contributed by atoms with Gasteiger partial charge in [-0.3, -0.25) is 0 Å². The molecular weight excluding hydrogens is 273 g/mol. The molecule has 0 spiro atoms. The summed E-state index contributed by atoms with van der Waals surface area (Å²) in [6.07, 6.45) is 9.86. The minimum atomic E-state index is 0.259. The van der Waals surface area contributed by atoms with Crippen molar-refractivity contribution in [3.8, 4) is 0 Å². The molecule has 1 N–H and O–H groups in total. The van der Waals surface area contributed by atoms with Crippen LogP contribution in [0.3, 0.4) is 0 Å². The fourth-order valence-corrected chi connectivity index (χ4v) is 3.68. The summed E-state index contributed by atoms with van der Waals surface area (Å²) in [6, 6.07) is 9.25. The van der Waals surface area contributed by atoms with Crippen molar-refractivity contribution >= 4 is 7.15 Å². The maximum atomic E-state index is 10.6. The average molecular weight is 299 g/mol. The summed E-state index contributed by atoms with van der Waals surface area (Å²) in [5.74, 6) is 0.875. The van der Waals surface area contributed by atoms with E-state index >= 15 is 0 Å². The van der Waals surface area contributed by atoms with Gasteiger partial charge in [0.25, 0.3) is 0 Å². The Labute approximate surface area is 134 Å². The molecule has 2 atom stereocenters. The second-order valence-corrected chi connectivity index (χ2v) is 6.79. The van der Waals surface area contributed by atoms with Gasteiger partial charge in [-0.1, -0.05) is 0 Å². The predicted molar refractivity (Wildman–Crippen MR) is 88.4 cm³/mol. The standard InChI is InChI=1S/C18H26BNO2/c21-19-13-20-17(18-12-22-18)11-16-8-4-7-15(10-16)9-14-5-2-1-3-6-14/h4,7-8,10,14,17-18,20H,1-3,5-6,9,11-13H2/t17-,18+/m0/s1. The molecule has 2 aliphatic rings. The van der Waals surface area contributed by atoms with Crippen LogP contribution in [0.5, 0.6) is 0 Å². The molecule has 3 nitrogen and oxygen atoms in total. The zero-order chi connectivity index (χ0) is 15.2. The molecule has 1 aliphatic carbocycles. The molecule has 1 heterocycles. The van der Waals surface area contributed by atoms with Crippen LogP contribution in [-0.2, 0) is 22.3 Å². The molecular formula is C18H26BNO2. The molecule has 0 bridgehead atoms. The van der Waals surface area contributed by atoms with E-state index in [1.54, 1.807) is 0 Å². The molecule has 0 radical (unpaired) electrons. The van der Waals surface area contributed by atoms with E-state index in [4.69, 9.17) is 4.74 Å². The number of hydrogen-bond donors (Lipinski definition) is 1. The molecule has 4 heteroatoms. The molecule has 22 heavy (non-hydrogen) atoms. The van der Waals surface area contributed by atoms with Gasteiger partial charge in [-0.25, -0.2) is 0 Å². The first-order chi connectivity index (χ1) is 10.8. The van der Waals surface area contributed by atoms with Crippen LogP contribution in [0.25, 0.3) is 0 Å². The third kappa shape index (κ3) is 4.75. The van der Waals surface area contributed by atoms with Gasteiger partial charge in [-0.15, -0.1) is 0 Å². The van der Waals surface area contributed by atoms with Crippen LogP contribution in [-0.4, -0.2) is 32.3 Å². The van der Waals surface area contributed by atoms with Crippen LogP contribution < -0.4 is 5.32 Å². The number of ether oxygens (including phenoxy) is 1. The first-order valence-electron chi connectivity index (χ1n) is 8.71. The second-order valence-electron chi connectivity index (χ2n) is 6.79. The molecule has 0 unspecified atom stereocenters. The van der Waals surface area contributed by atoms with Gasteiger partial charge in [0.2, 0.25) is 0 Å². The molecule has 3 rings (SSSR count). The van der Waals surface area contributed by atoms with E-state index in [1.165, 1.54) is 49.7 Å². The summed E-state index contributed by atoms with van der Waals surface area (Å²) in [6.45, 7) is 0.818. The van der Waals surface area contributed by atoms with E-state index < -0.39 is 0 Å². The second kappa shape index (κ2) is 8.03. The monoisotopic (exact) mass is 299 g/mol. The summed E-state index contributed by atoms with van der Waals surface area (Å²) in [5.41, 5.74) is 2.82. The Morgan fingerprint density at radius 2 is 2.00 bits per heavy atom. The number of benzene rings is 1. The quantitative estimate of drug-likeness (QED) is 0.593. The molecule has 0 aromatic heterocycles. The van der Waals surface area contributed by atoms with Crippen molar-refractivity contribution < 1.29 is 9.44 Å². The number of hydrogen-bond acceptors (Lipinski definition) is 3. The Morgan fingerprint density at radius 1 is 1.23 bits per heavy atom. The fourth-order valence-electron chi connectivity index (χ4n) is 3.68. The van der Waals surface area contributed by atoms with Gasteiger partial charge >= 0.3 is 133 Å². The molecule has 2 fully saturated rings. The van der Waals surface area contributed by atoms with E-state index in [2.05, 4.69) is 29.6 Å². The van der Waals surface area contributed by atoms with Gasteiger partial charge in [0.15, 0.2) is 0 Å². The summed E-state index contributed by atoms with van der Waals surface area (Å²) in [7, 11) is 0.925. The van der Waals surface area contributed by atoms with Crippen molar-refractivity contribution in [1.82, 2.24) is 5.32 Å². The van der Waals surface area contributed by atoms with Crippen molar-refractivity contribution in [2.75, 3.05) is 13.1 Å². The first kappa shape index (κ1) is 15.9. The number of epoxide rings is 1. The van der Waals surface area contributed by atoms with Crippen LogP contribution in [0.4, 0.5) is 0 Å². The number of nitrogens with one attached hydrogen (secondary N) is 1. The van der Waals surface area contributed by atoms with Gasteiger partial charge in [0.05, 0.1) is 0 Å². The van der Waals surface area contributed by atoms with E-state index in [0.29, 0.717) is 6.44 Å². The van der Waals surface area contributed by atoms with Crippen LogP contribution in [0.1, 0.15) is 43.2 Å². The van der Waals surface area contributed by atoms with Crippen molar-refractivity contribution in [2.45, 2.75) is 57.1 Å². The molecule has 118 valence electrons. The van der Waals surface area contributed by atoms with Crippen molar-refractivity contribution in [1.29, 1.82) is 0 Å². The Kier molecular flexibility index (Phi) is 5.79. The molecule has 1 saturated heterocycles. The maximum absolute atomic E-state index is 10.6. The van der Waals surface area contributed by atoms with E-state index in [1.807, 2.05) is 0 Å². The SMILES string of the molecule is O=BCN[C@@H](Cc1cccc(CC2CCCCC2)c1)[C@H]1CO1. The van der Waals surface area contributed by atoms with E-state index in [0.717, 1.165) is 26.1 Å². The van der Waals surface area contributed by atoms with Gasteiger partial charge in [-0.05, 0) is 0 Å². The third-order valence-electron chi connectivity index (χ3n) is 4.97. The minimum absolute atomic E-state index is 0.259. The molecule has 1 aliphatic heterocycles. The summed E-state index contributed by atoms with van der Waals surface area (Å²) >= 11 is 0. The van der Waals surface area contributed by atoms with Gasteiger partial charge in [0.1, 0.15) is 0 Å². The summed E-state index contributed by atoms with van der Waals surface area (Å²) < 4.78 is 16.0. The topological polar surface area (TPSA) is 41.6 Å². The van der Waals surface area contributed by atoms with Crippen LogP contribution in [0, 0.1) is 5.92 Å². The molecule has 0 amide bonds. The normalized spacial score (nSPS) is 23.0. The van der Waals surface area contributed by atoms with Crippen LogP contribution >= 0.6 is 0 Å². The van der Waals surface area contributed by atoms with E-state index in [-0.39, 0.29) is 12.1 Å².